The lowest BCUT2D eigenvalue weighted by Gasteiger charge is -2.12. The van der Waals surface area contributed by atoms with Gasteiger partial charge in [-0.2, -0.15) is 13.2 Å². The number of nitrogens with two attached hydrogens (primary N) is 1. The molecule has 0 unspecified atom stereocenters. The Balaban J connectivity index is 0.00000196. The highest BCUT2D eigenvalue weighted by Gasteiger charge is 2.33. The van der Waals surface area contributed by atoms with Crippen molar-refractivity contribution in [3.8, 4) is 0 Å². The summed E-state index contributed by atoms with van der Waals surface area (Å²) in [6.07, 6.45) is -4.07. The van der Waals surface area contributed by atoms with E-state index >= 15 is 0 Å². The minimum absolute atomic E-state index is 0. The summed E-state index contributed by atoms with van der Waals surface area (Å²) in [6, 6.07) is 4.10. The van der Waals surface area contributed by atoms with Crippen molar-refractivity contribution >= 4 is 28.3 Å². The SMILES string of the molecule is Cl.NCCc1ccc(Br)cc1C(F)(F)F. The lowest BCUT2D eigenvalue weighted by molar-refractivity contribution is -0.138. The quantitative estimate of drug-likeness (QED) is 0.890. The summed E-state index contributed by atoms with van der Waals surface area (Å²) >= 11 is 3.01. The van der Waals surface area contributed by atoms with Gasteiger partial charge in [-0.25, -0.2) is 0 Å². The monoisotopic (exact) mass is 303 g/mol. The molecule has 0 aromatic heterocycles. The van der Waals surface area contributed by atoms with Crippen LogP contribution < -0.4 is 5.73 Å². The molecule has 0 amide bonds. The summed E-state index contributed by atoms with van der Waals surface area (Å²) in [5.41, 5.74) is 4.86. The zero-order chi connectivity index (χ0) is 10.8. The highest BCUT2D eigenvalue weighted by Crippen LogP contribution is 2.33. The molecule has 0 saturated carbocycles. The molecule has 15 heavy (non-hydrogen) atoms. The number of halogens is 5. The van der Waals surface area contributed by atoms with E-state index in [1.807, 2.05) is 0 Å². The maximum absolute atomic E-state index is 12.5. The molecule has 86 valence electrons. The molecule has 0 aliphatic carbocycles. The van der Waals surface area contributed by atoms with Gasteiger partial charge in [0.15, 0.2) is 0 Å². The van der Waals surface area contributed by atoms with Gasteiger partial charge in [0.05, 0.1) is 5.56 Å². The van der Waals surface area contributed by atoms with Crippen molar-refractivity contribution in [3.05, 3.63) is 33.8 Å². The molecule has 1 nitrogen and oxygen atoms in total. The lowest BCUT2D eigenvalue weighted by Crippen LogP contribution is -2.12. The molecular formula is C9H10BrClF3N. The number of benzene rings is 1. The first-order chi connectivity index (χ1) is 6.45. The van der Waals surface area contributed by atoms with Gasteiger partial charge in [0.25, 0.3) is 0 Å². The molecule has 1 aromatic carbocycles. The van der Waals surface area contributed by atoms with Crippen LogP contribution in [0.3, 0.4) is 0 Å². The molecule has 0 aliphatic rings. The van der Waals surface area contributed by atoms with E-state index in [1.54, 1.807) is 6.07 Å². The minimum Gasteiger partial charge on any atom is -0.330 e. The Hall–Kier alpha value is -0.260. The Labute approximate surface area is 100 Å². The molecule has 1 aromatic rings. The second-order valence-corrected chi connectivity index (χ2v) is 3.75. The van der Waals surface area contributed by atoms with Crippen molar-refractivity contribution in [2.45, 2.75) is 12.6 Å². The highest BCUT2D eigenvalue weighted by molar-refractivity contribution is 9.10. The summed E-state index contributed by atoms with van der Waals surface area (Å²) < 4.78 is 37.9. The van der Waals surface area contributed by atoms with Gasteiger partial charge in [0.1, 0.15) is 0 Å². The Bertz CT molecular complexity index is 328. The highest BCUT2D eigenvalue weighted by atomic mass is 79.9. The molecule has 0 spiro atoms. The van der Waals surface area contributed by atoms with E-state index in [4.69, 9.17) is 5.73 Å². The van der Waals surface area contributed by atoms with E-state index in [2.05, 4.69) is 15.9 Å². The largest absolute Gasteiger partial charge is 0.416 e. The minimum atomic E-state index is -4.31. The van der Waals surface area contributed by atoms with E-state index in [1.165, 1.54) is 6.07 Å². The summed E-state index contributed by atoms with van der Waals surface area (Å²) in [5, 5.41) is 0. The van der Waals surface area contributed by atoms with Gasteiger partial charge < -0.3 is 5.73 Å². The standard InChI is InChI=1S/C9H9BrF3N.ClH/c10-7-2-1-6(3-4-14)8(5-7)9(11,12)13;/h1-2,5H,3-4,14H2;1H. The van der Waals surface area contributed by atoms with Crippen LogP contribution in [0.15, 0.2) is 22.7 Å². The Morgan fingerprint density at radius 2 is 1.87 bits per heavy atom. The van der Waals surface area contributed by atoms with Crippen LogP contribution in [0.2, 0.25) is 0 Å². The molecule has 6 heteroatoms. The Morgan fingerprint density at radius 1 is 1.27 bits per heavy atom. The van der Waals surface area contributed by atoms with Crippen LogP contribution in [0, 0.1) is 0 Å². The maximum Gasteiger partial charge on any atom is 0.416 e. The molecule has 0 aliphatic heterocycles. The summed E-state index contributed by atoms with van der Waals surface area (Å²) in [5.74, 6) is 0. The molecule has 0 heterocycles. The average molecular weight is 305 g/mol. The summed E-state index contributed by atoms with van der Waals surface area (Å²) in [6.45, 7) is 0.213. The van der Waals surface area contributed by atoms with Crippen LogP contribution in [-0.2, 0) is 12.6 Å². The number of rotatable bonds is 2. The molecule has 0 saturated heterocycles. The fraction of sp³-hybridized carbons (Fsp3) is 0.333. The van der Waals surface area contributed by atoms with Crippen LogP contribution >= 0.6 is 28.3 Å². The third kappa shape index (κ3) is 4.01. The van der Waals surface area contributed by atoms with Crippen molar-refractivity contribution in [1.29, 1.82) is 0 Å². The predicted molar refractivity (Wildman–Crippen MR) is 59.2 cm³/mol. The zero-order valence-corrected chi connectivity index (χ0v) is 10.0. The number of alkyl halides is 3. The van der Waals surface area contributed by atoms with E-state index in [-0.39, 0.29) is 30.9 Å². The molecule has 0 radical (unpaired) electrons. The molecule has 0 atom stereocenters. The van der Waals surface area contributed by atoms with Gasteiger partial charge in [-0.3, -0.25) is 0 Å². The molecule has 0 bridgehead atoms. The van der Waals surface area contributed by atoms with Crippen molar-refractivity contribution in [1.82, 2.24) is 0 Å². The summed E-state index contributed by atoms with van der Waals surface area (Å²) in [7, 11) is 0. The fourth-order valence-corrected chi connectivity index (χ4v) is 1.55. The predicted octanol–water partition coefficient (Wildman–Crippen LogP) is 3.39. The topological polar surface area (TPSA) is 26.0 Å². The smallest absolute Gasteiger partial charge is 0.330 e. The van der Waals surface area contributed by atoms with Crippen LogP contribution in [0.25, 0.3) is 0 Å². The van der Waals surface area contributed by atoms with Crippen LogP contribution in [0.5, 0.6) is 0 Å². The maximum atomic E-state index is 12.5. The summed E-state index contributed by atoms with van der Waals surface area (Å²) in [4.78, 5) is 0. The normalized spacial score (nSPS) is 11.0. The van der Waals surface area contributed by atoms with Crippen LogP contribution in [0.4, 0.5) is 13.2 Å². The van der Waals surface area contributed by atoms with E-state index in [0.717, 1.165) is 6.07 Å². The van der Waals surface area contributed by atoms with Crippen molar-refractivity contribution in [3.63, 3.8) is 0 Å². The van der Waals surface area contributed by atoms with Crippen molar-refractivity contribution in [2.75, 3.05) is 6.54 Å². The second kappa shape index (κ2) is 5.72. The second-order valence-electron chi connectivity index (χ2n) is 2.84. The van der Waals surface area contributed by atoms with E-state index in [9.17, 15) is 13.2 Å². The lowest BCUT2D eigenvalue weighted by atomic mass is 10.0. The molecular weight excluding hydrogens is 294 g/mol. The van der Waals surface area contributed by atoms with E-state index < -0.39 is 11.7 Å². The first kappa shape index (κ1) is 14.7. The molecule has 0 fully saturated rings. The number of hydrogen-bond acceptors (Lipinski definition) is 1. The first-order valence-electron chi connectivity index (χ1n) is 4.01. The third-order valence-corrected chi connectivity index (χ3v) is 2.28. The molecule has 1 rings (SSSR count). The molecule has 2 N–H and O–H groups in total. The average Bonchev–Trinajstić information content (AvgIpc) is 2.07. The third-order valence-electron chi connectivity index (χ3n) is 1.79. The van der Waals surface area contributed by atoms with Crippen LogP contribution in [-0.4, -0.2) is 6.54 Å². The van der Waals surface area contributed by atoms with Crippen molar-refractivity contribution in [2.24, 2.45) is 5.73 Å². The Morgan fingerprint density at radius 3 is 2.33 bits per heavy atom. The first-order valence-corrected chi connectivity index (χ1v) is 4.80. The van der Waals surface area contributed by atoms with Gasteiger partial charge in [-0.1, -0.05) is 22.0 Å². The number of hydrogen-bond donors (Lipinski definition) is 1. The van der Waals surface area contributed by atoms with Gasteiger partial charge in [0.2, 0.25) is 0 Å². The Kier molecular flexibility index (Phi) is 5.62. The van der Waals surface area contributed by atoms with Crippen LogP contribution in [0.1, 0.15) is 11.1 Å². The fourth-order valence-electron chi connectivity index (χ4n) is 1.19. The zero-order valence-electron chi connectivity index (χ0n) is 7.64. The van der Waals surface area contributed by atoms with Gasteiger partial charge in [-0.05, 0) is 30.7 Å². The van der Waals surface area contributed by atoms with E-state index in [0.29, 0.717) is 4.47 Å². The van der Waals surface area contributed by atoms with Gasteiger partial charge in [-0.15, -0.1) is 12.4 Å². The van der Waals surface area contributed by atoms with Crippen molar-refractivity contribution < 1.29 is 13.2 Å². The van der Waals surface area contributed by atoms with Gasteiger partial charge >= 0.3 is 6.18 Å². The van der Waals surface area contributed by atoms with Gasteiger partial charge in [0, 0.05) is 4.47 Å².